The highest BCUT2D eigenvalue weighted by Crippen LogP contribution is 2.33. The van der Waals surface area contributed by atoms with Gasteiger partial charge in [0.05, 0.1) is 25.5 Å². The van der Waals surface area contributed by atoms with Crippen molar-refractivity contribution in [1.82, 2.24) is 19.8 Å². The molecule has 9 nitrogen and oxygen atoms in total. The van der Waals surface area contributed by atoms with Gasteiger partial charge in [-0.25, -0.2) is 0 Å². The third-order valence-corrected chi connectivity index (χ3v) is 3.97. The van der Waals surface area contributed by atoms with E-state index in [4.69, 9.17) is 13.9 Å². The van der Waals surface area contributed by atoms with Gasteiger partial charge in [-0.1, -0.05) is 9.59 Å². The zero-order valence-electron chi connectivity index (χ0n) is 13.1. The predicted octanol–water partition coefficient (Wildman–Crippen LogP) is 2.17. The number of carbonyl (C=O) groups excluding carboxylic acids is 1. The summed E-state index contributed by atoms with van der Waals surface area (Å²) >= 11 is 0.993. The van der Waals surface area contributed by atoms with Gasteiger partial charge < -0.3 is 13.9 Å². The van der Waals surface area contributed by atoms with Crippen molar-refractivity contribution in [2.24, 2.45) is 0 Å². The van der Waals surface area contributed by atoms with Crippen LogP contribution >= 0.6 is 11.5 Å². The Kier molecular flexibility index (Phi) is 4.38. The molecule has 0 aliphatic rings. The first kappa shape index (κ1) is 15.9. The van der Waals surface area contributed by atoms with Crippen LogP contribution < -0.4 is 14.8 Å². The molecule has 2 aromatic heterocycles. The van der Waals surface area contributed by atoms with Crippen LogP contribution in [0, 0.1) is 6.92 Å². The lowest BCUT2D eigenvalue weighted by atomic mass is 10.2. The Morgan fingerprint density at radius 1 is 1.21 bits per heavy atom. The molecule has 0 spiro atoms. The van der Waals surface area contributed by atoms with Crippen molar-refractivity contribution < 1.29 is 18.7 Å². The molecule has 24 heavy (non-hydrogen) atoms. The largest absolute Gasteiger partial charge is 0.497 e. The van der Waals surface area contributed by atoms with E-state index in [1.54, 1.807) is 32.2 Å². The Balaban J connectivity index is 1.83. The van der Waals surface area contributed by atoms with Gasteiger partial charge in [-0.05, 0) is 30.6 Å². The second kappa shape index (κ2) is 6.62. The van der Waals surface area contributed by atoms with Crippen LogP contribution in [0.3, 0.4) is 0 Å². The molecule has 124 valence electrons. The number of anilines is 1. The summed E-state index contributed by atoms with van der Waals surface area (Å²) in [6.07, 6.45) is 0. The van der Waals surface area contributed by atoms with Gasteiger partial charge in [0.15, 0.2) is 0 Å². The van der Waals surface area contributed by atoms with Crippen LogP contribution in [-0.4, -0.2) is 39.9 Å². The van der Waals surface area contributed by atoms with E-state index in [1.807, 2.05) is 0 Å². The molecule has 0 radical (unpaired) electrons. The smallest absolute Gasteiger partial charge is 0.322 e. The number of methoxy groups -OCH3 is 2. The molecule has 1 N–H and O–H groups in total. The first-order chi connectivity index (χ1) is 11.6. The molecule has 0 saturated heterocycles. The van der Waals surface area contributed by atoms with Gasteiger partial charge in [-0.3, -0.25) is 10.1 Å². The molecule has 3 rings (SSSR count). The highest BCUT2D eigenvalue weighted by Gasteiger charge is 2.18. The lowest BCUT2D eigenvalue weighted by molar-refractivity contribution is 0.102. The van der Waals surface area contributed by atoms with E-state index in [1.165, 1.54) is 7.11 Å². The summed E-state index contributed by atoms with van der Waals surface area (Å²) in [4.78, 5) is 12.5. The molecule has 0 atom stereocenters. The maximum absolute atomic E-state index is 12.1. The fourth-order valence-electron chi connectivity index (χ4n) is 1.95. The number of hydrogen-bond acceptors (Lipinski definition) is 9. The van der Waals surface area contributed by atoms with E-state index in [0.717, 1.165) is 11.5 Å². The Labute approximate surface area is 140 Å². The second-order valence-corrected chi connectivity index (χ2v) is 5.37. The molecule has 0 aliphatic heterocycles. The van der Waals surface area contributed by atoms with E-state index in [0.29, 0.717) is 27.6 Å². The minimum atomic E-state index is -0.403. The molecular weight excluding hydrogens is 334 g/mol. The van der Waals surface area contributed by atoms with Crippen molar-refractivity contribution in [2.45, 2.75) is 6.92 Å². The van der Waals surface area contributed by atoms with E-state index < -0.39 is 5.91 Å². The molecule has 0 aliphatic carbocycles. The maximum atomic E-state index is 12.1. The van der Waals surface area contributed by atoms with E-state index >= 15 is 0 Å². The fourth-order valence-corrected chi connectivity index (χ4v) is 2.50. The van der Waals surface area contributed by atoms with E-state index in [-0.39, 0.29) is 11.9 Å². The average Bonchev–Trinajstić information content (AvgIpc) is 3.23. The number of amides is 1. The van der Waals surface area contributed by atoms with Crippen LogP contribution in [0.2, 0.25) is 0 Å². The van der Waals surface area contributed by atoms with Crippen LogP contribution in [0.25, 0.3) is 11.5 Å². The summed E-state index contributed by atoms with van der Waals surface area (Å²) in [5.41, 5.74) is 1.12. The van der Waals surface area contributed by atoms with E-state index in [2.05, 4.69) is 25.1 Å². The molecule has 1 amide bonds. The zero-order valence-corrected chi connectivity index (χ0v) is 13.9. The Morgan fingerprint density at radius 3 is 2.71 bits per heavy atom. The Bertz CT molecular complexity index is 876. The van der Waals surface area contributed by atoms with E-state index in [9.17, 15) is 4.79 Å². The fraction of sp³-hybridized carbons (Fsp3) is 0.214. The molecule has 3 aromatic rings. The number of carbonyl (C=O) groups is 1. The quantitative estimate of drug-likeness (QED) is 0.747. The number of nitrogens with one attached hydrogen (secondary N) is 1. The van der Waals surface area contributed by atoms with Gasteiger partial charge in [-0.15, -0.1) is 10.2 Å². The van der Waals surface area contributed by atoms with Gasteiger partial charge in [0.2, 0.25) is 0 Å². The molecule has 10 heteroatoms. The summed E-state index contributed by atoms with van der Waals surface area (Å²) in [5.74, 6) is 0.957. The van der Waals surface area contributed by atoms with Crippen LogP contribution in [0.5, 0.6) is 11.5 Å². The van der Waals surface area contributed by atoms with Crippen molar-refractivity contribution in [2.75, 3.05) is 19.5 Å². The maximum Gasteiger partial charge on any atom is 0.322 e. The Hall–Kier alpha value is -3.01. The van der Waals surface area contributed by atoms with Crippen molar-refractivity contribution in [3.63, 3.8) is 0 Å². The summed E-state index contributed by atoms with van der Waals surface area (Å²) < 4.78 is 19.6. The minimum absolute atomic E-state index is 0.0272. The normalized spacial score (nSPS) is 10.5. The molecule has 0 bridgehead atoms. The highest BCUT2D eigenvalue weighted by atomic mass is 32.1. The zero-order chi connectivity index (χ0) is 17.1. The SMILES string of the molecule is COc1ccc(-c2nnc(NC(=O)c3snnc3C)o2)c(OC)c1. The van der Waals surface area contributed by atoms with Crippen LogP contribution in [0.1, 0.15) is 15.4 Å². The molecule has 0 unspecified atom stereocenters. The molecular formula is C14H13N5O4S. The monoisotopic (exact) mass is 347 g/mol. The number of hydrogen-bond donors (Lipinski definition) is 1. The highest BCUT2D eigenvalue weighted by molar-refractivity contribution is 7.08. The van der Waals surface area contributed by atoms with Crippen molar-refractivity contribution in [3.8, 4) is 23.0 Å². The van der Waals surface area contributed by atoms with Gasteiger partial charge in [0.25, 0.3) is 11.8 Å². The topological polar surface area (TPSA) is 112 Å². The third kappa shape index (κ3) is 3.04. The molecule has 2 heterocycles. The van der Waals surface area contributed by atoms with Crippen LogP contribution in [0.15, 0.2) is 22.6 Å². The molecule has 0 saturated carbocycles. The van der Waals surface area contributed by atoms with Crippen molar-refractivity contribution in [1.29, 1.82) is 0 Å². The first-order valence-corrected chi connectivity index (χ1v) is 7.56. The van der Waals surface area contributed by atoms with Crippen LogP contribution in [0.4, 0.5) is 6.01 Å². The standard InChI is InChI=1S/C14H13N5O4S/c1-7-11(24-19-16-7)12(20)15-14-18-17-13(23-14)9-5-4-8(21-2)6-10(9)22-3/h4-6H,1-3H3,(H,15,18,20). The summed E-state index contributed by atoms with van der Waals surface area (Å²) in [5, 5.41) is 14.1. The van der Waals surface area contributed by atoms with Gasteiger partial charge in [-0.2, -0.15) is 0 Å². The van der Waals surface area contributed by atoms with Gasteiger partial charge in [0.1, 0.15) is 16.4 Å². The minimum Gasteiger partial charge on any atom is -0.497 e. The number of aryl methyl sites for hydroxylation is 1. The Morgan fingerprint density at radius 2 is 2.04 bits per heavy atom. The average molecular weight is 347 g/mol. The predicted molar refractivity (Wildman–Crippen MR) is 85.4 cm³/mol. The summed E-state index contributed by atoms with van der Waals surface area (Å²) in [7, 11) is 3.09. The van der Waals surface area contributed by atoms with Gasteiger partial charge >= 0.3 is 6.01 Å². The third-order valence-electron chi connectivity index (χ3n) is 3.14. The van der Waals surface area contributed by atoms with Crippen LogP contribution in [-0.2, 0) is 0 Å². The summed E-state index contributed by atoms with van der Waals surface area (Å²) in [6.45, 7) is 1.69. The van der Waals surface area contributed by atoms with Crippen molar-refractivity contribution in [3.05, 3.63) is 28.8 Å². The lowest BCUT2D eigenvalue weighted by Crippen LogP contribution is -2.11. The number of benzene rings is 1. The number of rotatable bonds is 5. The molecule has 1 aromatic carbocycles. The second-order valence-electron chi connectivity index (χ2n) is 4.62. The lowest BCUT2D eigenvalue weighted by Gasteiger charge is -2.07. The van der Waals surface area contributed by atoms with Gasteiger partial charge in [0, 0.05) is 6.07 Å². The number of ether oxygens (including phenoxy) is 2. The first-order valence-electron chi connectivity index (χ1n) is 6.78. The molecule has 0 fully saturated rings. The number of nitrogens with zero attached hydrogens (tertiary/aromatic N) is 4. The number of aromatic nitrogens is 4. The summed E-state index contributed by atoms with van der Waals surface area (Å²) in [6, 6.07) is 5.14. The van der Waals surface area contributed by atoms with Crippen molar-refractivity contribution >= 4 is 23.5 Å².